The van der Waals surface area contributed by atoms with Crippen LogP contribution in [-0.2, 0) is 19.1 Å². The molecule has 7 N–H and O–H groups in total. The van der Waals surface area contributed by atoms with Crippen LogP contribution in [0.4, 0.5) is 0 Å². The molecule has 0 aromatic heterocycles. The van der Waals surface area contributed by atoms with Gasteiger partial charge in [0.15, 0.2) is 12.4 Å². The second-order valence-electron chi connectivity index (χ2n) is 14.3. The van der Waals surface area contributed by atoms with Gasteiger partial charge in [-0.05, 0) is 97.7 Å². The molecule has 0 spiro atoms. The standard InChI is InChI=1S/C30H48O11/c1-13(4-7-21(33)34)16-5-6-17-22-18(12-20(32)30(16,17)3)29(2)9-8-15(10-14(29)11-19(22)31)40-28-25(37)23(35)24(36)26(41-28)27(38)39/h13-20,22-26,28,31-32,35-37H,4-12H2,1-3H3,(H,33,34)(H,38,39)/t13-,14+,15-,16-,17+,18+,19-,20+,22+,23+,24+,25-,26+,28-,29+,30-/m1/s1. The van der Waals surface area contributed by atoms with Gasteiger partial charge >= 0.3 is 11.9 Å². The number of aliphatic hydroxyl groups excluding tert-OH is 5. The third-order valence-electron chi connectivity index (χ3n) is 12.5. The summed E-state index contributed by atoms with van der Waals surface area (Å²) in [5.41, 5.74) is -0.519. The Bertz CT molecular complexity index is 991. The second-order valence-corrected chi connectivity index (χ2v) is 14.3. The zero-order valence-corrected chi connectivity index (χ0v) is 24.2. The zero-order valence-electron chi connectivity index (χ0n) is 24.2. The van der Waals surface area contributed by atoms with Gasteiger partial charge < -0.3 is 45.2 Å². The number of rotatable bonds is 7. The normalized spacial score (nSPS) is 52.1. The largest absolute Gasteiger partial charge is 0.481 e. The Morgan fingerprint density at radius 1 is 0.927 bits per heavy atom. The first-order valence-corrected chi connectivity index (χ1v) is 15.4. The van der Waals surface area contributed by atoms with Gasteiger partial charge in [-0.3, -0.25) is 4.79 Å². The van der Waals surface area contributed by atoms with Crippen LogP contribution in [0, 0.1) is 46.3 Å². The molecule has 16 atom stereocenters. The molecular formula is C30H48O11. The van der Waals surface area contributed by atoms with Gasteiger partial charge in [0.05, 0.1) is 18.3 Å². The number of ether oxygens (including phenoxy) is 2. The van der Waals surface area contributed by atoms with Crippen LogP contribution in [0.3, 0.4) is 0 Å². The van der Waals surface area contributed by atoms with E-state index in [0.29, 0.717) is 32.1 Å². The van der Waals surface area contributed by atoms with E-state index in [1.54, 1.807) is 0 Å². The lowest BCUT2D eigenvalue weighted by atomic mass is 9.43. The number of hydrogen-bond donors (Lipinski definition) is 7. The summed E-state index contributed by atoms with van der Waals surface area (Å²) >= 11 is 0. The first kappa shape index (κ1) is 31.1. The maximum absolute atomic E-state index is 11.7. The molecule has 41 heavy (non-hydrogen) atoms. The summed E-state index contributed by atoms with van der Waals surface area (Å²) in [5.74, 6) is -1.49. The van der Waals surface area contributed by atoms with Crippen molar-refractivity contribution in [2.24, 2.45) is 46.3 Å². The third-order valence-corrected chi connectivity index (χ3v) is 12.5. The summed E-state index contributed by atoms with van der Waals surface area (Å²) < 4.78 is 11.4. The van der Waals surface area contributed by atoms with Gasteiger partial charge in [-0.2, -0.15) is 0 Å². The van der Waals surface area contributed by atoms with Crippen LogP contribution in [0.2, 0.25) is 0 Å². The van der Waals surface area contributed by atoms with Crippen molar-refractivity contribution in [3.63, 3.8) is 0 Å². The molecule has 5 rings (SSSR count). The summed E-state index contributed by atoms with van der Waals surface area (Å²) in [4.78, 5) is 22.7. The number of carboxylic acids is 2. The fourth-order valence-electron chi connectivity index (χ4n) is 10.1. The Balaban J connectivity index is 1.30. The minimum Gasteiger partial charge on any atom is -0.481 e. The first-order valence-electron chi connectivity index (χ1n) is 15.4. The summed E-state index contributed by atoms with van der Waals surface area (Å²) in [6, 6.07) is 0. The van der Waals surface area contributed by atoms with Crippen LogP contribution in [-0.4, -0.2) is 96.7 Å². The summed E-state index contributed by atoms with van der Waals surface area (Å²) in [7, 11) is 0. The number of carboxylic acid groups (broad SMARTS) is 2. The summed E-state index contributed by atoms with van der Waals surface area (Å²) in [6.45, 7) is 6.51. The predicted molar refractivity (Wildman–Crippen MR) is 143 cm³/mol. The lowest BCUT2D eigenvalue weighted by Crippen LogP contribution is -2.63. The second kappa shape index (κ2) is 11.3. The molecule has 1 aliphatic heterocycles. The molecule has 0 bridgehead atoms. The van der Waals surface area contributed by atoms with Crippen LogP contribution in [0.1, 0.15) is 78.6 Å². The lowest BCUT2D eigenvalue weighted by Gasteiger charge is -2.63. The van der Waals surface area contributed by atoms with Crippen molar-refractivity contribution in [2.45, 2.75) is 128 Å². The van der Waals surface area contributed by atoms with Crippen LogP contribution in [0.15, 0.2) is 0 Å². The molecule has 5 fully saturated rings. The number of hydrogen-bond acceptors (Lipinski definition) is 9. The first-order chi connectivity index (χ1) is 19.2. The Morgan fingerprint density at radius 2 is 1.63 bits per heavy atom. The maximum atomic E-state index is 11.7. The van der Waals surface area contributed by atoms with E-state index in [2.05, 4.69) is 20.8 Å². The predicted octanol–water partition coefficient (Wildman–Crippen LogP) is 1.37. The Kier molecular flexibility index (Phi) is 8.57. The van der Waals surface area contributed by atoms with Crippen molar-refractivity contribution in [1.82, 2.24) is 0 Å². The molecule has 4 aliphatic carbocycles. The molecule has 4 saturated carbocycles. The molecule has 1 saturated heterocycles. The topological polar surface area (TPSA) is 194 Å². The van der Waals surface area contributed by atoms with E-state index in [1.807, 2.05) is 0 Å². The SMILES string of the molecule is C[C@H](CCC(=O)O)[C@H]1CC[C@H]2[C@@H]3[C@H](O)C[C@@H]4C[C@H](O[C@@H]5O[C@H](C(=O)O)[C@@H](O)[C@H](O)[C@H]5O)CC[C@]4(C)[C@H]3C[C@H](O)[C@]12C. The van der Waals surface area contributed by atoms with Crippen molar-refractivity contribution in [1.29, 1.82) is 0 Å². The summed E-state index contributed by atoms with van der Waals surface area (Å²) in [6.07, 6.45) is -4.07. The molecule has 0 aromatic carbocycles. The average molecular weight is 585 g/mol. The van der Waals surface area contributed by atoms with E-state index >= 15 is 0 Å². The van der Waals surface area contributed by atoms with Gasteiger partial charge in [0.1, 0.15) is 18.3 Å². The molecule has 11 heteroatoms. The monoisotopic (exact) mass is 584 g/mol. The highest BCUT2D eigenvalue weighted by molar-refractivity contribution is 5.73. The highest BCUT2D eigenvalue weighted by Crippen LogP contribution is 2.68. The summed E-state index contributed by atoms with van der Waals surface area (Å²) in [5, 5.41) is 72.5. The number of aliphatic carboxylic acids is 2. The fraction of sp³-hybridized carbons (Fsp3) is 0.933. The van der Waals surface area contributed by atoms with Crippen LogP contribution in [0.5, 0.6) is 0 Å². The van der Waals surface area contributed by atoms with E-state index in [1.165, 1.54) is 0 Å². The van der Waals surface area contributed by atoms with Crippen molar-refractivity contribution in [2.75, 3.05) is 0 Å². The molecule has 0 aromatic rings. The highest BCUT2D eigenvalue weighted by Gasteiger charge is 2.66. The van der Waals surface area contributed by atoms with Crippen molar-refractivity contribution in [3.8, 4) is 0 Å². The molecular weight excluding hydrogens is 536 g/mol. The molecule has 234 valence electrons. The minimum atomic E-state index is -1.78. The van der Waals surface area contributed by atoms with Crippen molar-refractivity contribution < 1.29 is 54.8 Å². The van der Waals surface area contributed by atoms with Gasteiger partial charge in [0.2, 0.25) is 0 Å². The number of fused-ring (bicyclic) bond motifs is 5. The van der Waals surface area contributed by atoms with E-state index in [0.717, 1.165) is 19.3 Å². The van der Waals surface area contributed by atoms with Crippen molar-refractivity contribution >= 4 is 11.9 Å². The van der Waals surface area contributed by atoms with E-state index in [9.17, 15) is 45.3 Å². The smallest absolute Gasteiger partial charge is 0.335 e. The van der Waals surface area contributed by atoms with Crippen LogP contribution < -0.4 is 0 Å². The van der Waals surface area contributed by atoms with Gasteiger partial charge in [-0.15, -0.1) is 0 Å². The Morgan fingerprint density at radius 3 is 2.29 bits per heavy atom. The molecule has 1 heterocycles. The fourth-order valence-corrected chi connectivity index (χ4v) is 10.1. The number of aliphatic hydroxyl groups is 5. The Hall–Kier alpha value is -1.34. The van der Waals surface area contributed by atoms with Crippen LogP contribution >= 0.6 is 0 Å². The average Bonchev–Trinajstić information content (AvgIpc) is 3.27. The Labute approximate surface area is 240 Å². The van der Waals surface area contributed by atoms with Gasteiger partial charge in [-0.1, -0.05) is 20.8 Å². The van der Waals surface area contributed by atoms with Gasteiger partial charge in [0, 0.05) is 6.42 Å². The maximum Gasteiger partial charge on any atom is 0.335 e. The molecule has 11 nitrogen and oxygen atoms in total. The van der Waals surface area contributed by atoms with E-state index in [4.69, 9.17) is 9.47 Å². The van der Waals surface area contributed by atoms with Gasteiger partial charge in [0.25, 0.3) is 0 Å². The van der Waals surface area contributed by atoms with Crippen LogP contribution in [0.25, 0.3) is 0 Å². The third kappa shape index (κ3) is 5.13. The molecule has 0 unspecified atom stereocenters. The quantitative estimate of drug-likeness (QED) is 0.214. The minimum absolute atomic E-state index is 0.0512. The van der Waals surface area contributed by atoms with E-state index in [-0.39, 0.29) is 52.8 Å². The molecule has 0 radical (unpaired) electrons. The molecule has 0 amide bonds. The van der Waals surface area contributed by atoms with Crippen molar-refractivity contribution in [3.05, 3.63) is 0 Å². The lowest BCUT2D eigenvalue weighted by molar-refractivity contribution is -0.310. The van der Waals surface area contributed by atoms with Gasteiger partial charge in [-0.25, -0.2) is 4.79 Å². The molecule has 5 aliphatic rings. The number of carbonyl (C=O) groups is 2. The highest BCUT2D eigenvalue weighted by atomic mass is 16.7. The zero-order chi connectivity index (χ0) is 30.0. The van der Waals surface area contributed by atoms with E-state index < -0.39 is 61.0 Å².